The topological polar surface area (TPSA) is 26.3 Å². The highest BCUT2D eigenvalue weighted by Gasteiger charge is 2.47. The summed E-state index contributed by atoms with van der Waals surface area (Å²) in [7, 11) is 1.59. The number of hydrogen-bond acceptors (Lipinski definition) is 2. The summed E-state index contributed by atoms with van der Waals surface area (Å²) in [5, 5.41) is -0.0158. The van der Waals surface area contributed by atoms with Gasteiger partial charge in [0.15, 0.2) is 5.78 Å². The maximum Gasteiger partial charge on any atom is 0.164 e. The number of carbonyl (C=O) groups excluding carboxylic acids is 1. The molecule has 1 fully saturated rings. The van der Waals surface area contributed by atoms with Gasteiger partial charge in [0.1, 0.15) is 11.1 Å². The third-order valence-corrected chi connectivity index (χ3v) is 5.43. The van der Waals surface area contributed by atoms with Crippen LogP contribution in [-0.4, -0.2) is 18.3 Å². The highest BCUT2D eigenvalue weighted by atomic mass is 35.5. The molecule has 0 aromatic carbocycles. The Morgan fingerprint density at radius 3 is 2.56 bits per heavy atom. The SMILES string of the molecule is COC1=C(Cl)C(Cl)C2=C1CC(C1CCCC1)C2=O. The maximum absolute atomic E-state index is 12.5. The van der Waals surface area contributed by atoms with Crippen LogP contribution in [-0.2, 0) is 9.53 Å². The fourth-order valence-electron chi connectivity index (χ4n) is 3.61. The second kappa shape index (κ2) is 4.57. The number of ketones is 1. The molecular formula is C14H16Cl2O2. The van der Waals surface area contributed by atoms with Crippen LogP contribution in [0.2, 0.25) is 0 Å². The lowest BCUT2D eigenvalue weighted by Gasteiger charge is -2.19. The van der Waals surface area contributed by atoms with Gasteiger partial charge in [0, 0.05) is 17.1 Å². The minimum Gasteiger partial charge on any atom is -0.495 e. The summed E-state index contributed by atoms with van der Waals surface area (Å²) in [6.45, 7) is 0. The summed E-state index contributed by atoms with van der Waals surface area (Å²) in [5.41, 5.74) is 1.67. The number of hydrogen-bond donors (Lipinski definition) is 0. The summed E-state index contributed by atoms with van der Waals surface area (Å²) in [6.07, 6.45) is 5.60. The van der Waals surface area contributed by atoms with Gasteiger partial charge in [0.2, 0.25) is 0 Å². The molecule has 2 unspecified atom stereocenters. The van der Waals surface area contributed by atoms with Crippen molar-refractivity contribution in [1.29, 1.82) is 0 Å². The monoisotopic (exact) mass is 286 g/mol. The first kappa shape index (κ1) is 12.6. The smallest absolute Gasteiger partial charge is 0.164 e. The molecule has 0 aromatic rings. The van der Waals surface area contributed by atoms with Crippen molar-refractivity contribution in [2.45, 2.75) is 37.5 Å². The number of rotatable bonds is 2. The second-order valence-electron chi connectivity index (χ2n) is 5.36. The Morgan fingerprint density at radius 2 is 1.94 bits per heavy atom. The van der Waals surface area contributed by atoms with Gasteiger partial charge in [0.25, 0.3) is 0 Å². The van der Waals surface area contributed by atoms with E-state index in [-0.39, 0.29) is 11.7 Å². The third kappa shape index (κ3) is 1.65. The second-order valence-corrected chi connectivity index (χ2v) is 6.20. The lowest BCUT2D eigenvalue weighted by Crippen LogP contribution is -2.22. The number of ether oxygens (including phenoxy) is 1. The Morgan fingerprint density at radius 1 is 1.28 bits per heavy atom. The van der Waals surface area contributed by atoms with Crippen LogP contribution in [0.1, 0.15) is 32.1 Å². The molecule has 0 saturated heterocycles. The van der Waals surface area contributed by atoms with E-state index in [0.29, 0.717) is 22.3 Å². The van der Waals surface area contributed by atoms with Crippen LogP contribution in [0.4, 0.5) is 0 Å². The predicted molar refractivity (Wildman–Crippen MR) is 71.6 cm³/mol. The van der Waals surface area contributed by atoms with Gasteiger partial charge in [-0.3, -0.25) is 4.79 Å². The first-order valence-corrected chi connectivity index (χ1v) is 7.32. The molecule has 0 bridgehead atoms. The van der Waals surface area contributed by atoms with Gasteiger partial charge in [-0.05, 0) is 25.2 Å². The van der Waals surface area contributed by atoms with Gasteiger partial charge in [-0.1, -0.05) is 24.4 Å². The Hall–Kier alpha value is -0.470. The van der Waals surface area contributed by atoms with Gasteiger partial charge in [-0.15, -0.1) is 11.6 Å². The first-order valence-electron chi connectivity index (χ1n) is 6.50. The number of allylic oxidation sites excluding steroid dienone is 3. The molecule has 3 aliphatic rings. The molecule has 18 heavy (non-hydrogen) atoms. The normalized spacial score (nSPS) is 32.7. The molecule has 3 aliphatic carbocycles. The van der Waals surface area contributed by atoms with Crippen LogP contribution in [0.3, 0.4) is 0 Å². The van der Waals surface area contributed by atoms with Crippen LogP contribution in [0.25, 0.3) is 0 Å². The molecule has 0 radical (unpaired) electrons. The summed E-state index contributed by atoms with van der Waals surface area (Å²) in [5.74, 6) is 1.50. The Labute approximate surface area is 117 Å². The fraction of sp³-hybridized carbons (Fsp3) is 0.643. The Balaban J connectivity index is 1.89. The van der Waals surface area contributed by atoms with E-state index < -0.39 is 5.38 Å². The number of halogens is 2. The molecule has 2 nitrogen and oxygen atoms in total. The highest BCUT2D eigenvalue weighted by molar-refractivity contribution is 6.41. The van der Waals surface area contributed by atoms with Gasteiger partial charge in [-0.25, -0.2) is 0 Å². The lowest BCUT2D eigenvalue weighted by molar-refractivity contribution is -0.119. The fourth-order valence-corrected chi connectivity index (χ4v) is 4.25. The molecule has 2 atom stereocenters. The number of alkyl halides is 1. The van der Waals surface area contributed by atoms with Crippen molar-refractivity contribution in [2.24, 2.45) is 11.8 Å². The molecule has 0 aromatic heterocycles. The van der Waals surface area contributed by atoms with Crippen molar-refractivity contribution in [3.8, 4) is 0 Å². The first-order chi connectivity index (χ1) is 8.65. The molecule has 4 heteroatoms. The van der Waals surface area contributed by atoms with Crippen molar-refractivity contribution in [2.75, 3.05) is 7.11 Å². The van der Waals surface area contributed by atoms with Crippen molar-refractivity contribution in [3.05, 3.63) is 21.9 Å². The van der Waals surface area contributed by atoms with Gasteiger partial charge >= 0.3 is 0 Å². The molecule has 3 rings (SSSR count). The molecule has 0 heterocycles. The van der Waals surface area contributed by atoms with E-state index >= 15 is 0 Å². The molecule has 0 amide bonds. The van der Waals surface area contributed by atoms with Gasteiger partial charge in [0.05, 0.1) is 12.1 Å². The van der Waals surface area contributed by atoms with E-state index in [9.17, 15) is 4.79 Å². The zero-order valence-electron chi connectivity index (χ0n) is 10.3. The van der Waals surface area contributed by atoms with Crippen LogP contribution in [0.5, 0.6) is 0 Å². The minimum atomic E-state index is -0.490. The summed E-state index contributed by atoms with van der Waals surface area (Å²) < 4.78 is 5.32. The van der Waals surface area contributed by atoms with Crippen molar-refractivity contribution in [3.63, 3.8) is 0 Å². The average Bonchev–Trinajstić information content (AvgIpc) is 3.01. The largest absolute Gasteiger partial charge is 0.495 e. The standard InChI is InChI=1S/C14H16Cl2O2/c1-18-14-9-6-8(7-4-2-3-5-7)13(17)10(9)11(15)12(14)16/h7-8,11H,2-6H2,1H3. The van der Waals surface area contributed by atoms with Crippen molar-refractivity contribution >= 4 is 29.0 Å². The predicted octanol–water partition coefficient (Wildman–Crippen LogP) is 3.78. The van der Waals surface area contributed by atoms with E-state index in [0.717, 1.165) is 12.0 Å². The zero-order chi connectivity index (χ0) is 12.9. The quantitative estimate of drug-likeness (QED) is 0.722. The number of carbonyl (C=O) groups is 1. The van der Waals surface area contributed by atoms with Crippen molar-refractivity contribution < 1.29 is 9.53 Å². The molecular weight excluding hydrogens is 271 g/mol. The van der Waals surface area contributed by atoms with E-state index in [1.54, 1.807) is 7.11 Å². The van der Waals surface area contributed by atoms with Crippen molar-refractivity contribution in [1.82, 2.24) is 0 Å². The molecule has 0 aliphatic heterocycles. The summed E-state index contributed by atoms with van der Waals surface area (Å²) in [4.78, 5) is 12.5. The van der Waals surface area contributed by atoms with E-state index in [1.165, 1.54) is 25.7 Å². The maximum atomic E-state index is 12.5. The lowest BCUT2D eigenvalue weighted by atomic mass is 9.86. The van der Waals surface area contributed by atoms with E-state index in [1.807, 2.05) is 0 Å². The summed E-state index contributed by atoms with van der Waals surface area (Å²) in [6, 6.07) is 0. The number of methoxy groups -OCH3 is 1. The Bertz CT molecular complexity index is 458. The zero-order valence-corrected chi connectivity index (χ0v) is 11.9. The van der Waals surface area contributed by atoms with Crippen LogP contribution < -0.4 is 0 Å². The minimum absolute atomic E-state index is 0.119. The summed E-state index contributed by atoms with van der Waals surface area (Å²) >= 11 is 12.4. The molecule has 0 N–H and O–H groups in total. The van der Waals surface area contributed by atoms with Crippen LogP contribution in [0.15, 0.2) is 21.9 Å². The van der Waals surface area contributed by atoms with Gasteiger partial charge < -0.3 is 4.74 Å². The highest BCUT2D eigenvalue weighted by Crippen LogP contribution is 2.50. The Kier molecular flexibility index (Phi) is 3.19. The molecule has 98 valence electrons. The van der Waals surface area contributed by atoms with E-state index in [2.05, 4.69) is 0 Å². The number of Topliss-reactive ketones (excluding diaryl/α,β-unsaturated/α-hetero) is 1. The third-order valence-electron chi connectivity index (χ3n) is 4.49. The van der Waals surface area contributed by atoms with Crippen LogP contribution in [0, 0.1) is 11.8 Å². The molecule has 1 saturated carbocycles. The van der Waals surface area contributed by atoms with Gasteiger partial charge in [-0.2, -0.15) is 0 Å². The van der Waals surface area contributed by atoms with Crippen LogP contribution >= 0.6 is 23.2 Å². The average molecular weight is 287 g/mol. The molecule has 0 spiro atoms. The van der Waals surface area contributed by atoms with E-state index in [4.69, 9.17) is 27.9 Å².